The number of ether oxygens (including phenoxy) is 1. The van der Waals surface area contributed by atoms with Gasteiger partial charge in [-0.25, -0.2) is 4.39 Å². The molecule has 1 heterocycles. The van der Waals surface area contributed by atoms with Crippen molar-refractivity contribution in [1.82, 2.24) is 15.0 Å². The van der Waals surface area contributed by atoms with E-state index >= 15 is 0 Å². The molecule has 0 radical (unpaired) electrons. The van der Waals surface area contributed by atoms with E-state index in [0.717, 1.165) is 6.42 Å². The second kappa shape index (κ2) is 6.81. The van der Waals surface area contributed by atoms with E-state index in [1.54, 1.807) is 6.07 Å². The highest BCUT2D eigenvalue weighted by Gasteiger charge is 2.08. The molecule has 0 atom stereocenters. The van der Waals surface area contributed by atoms with Crippen LogP contribution in [0.25, 0.3) is 0 Å². The molecule has 0 aliphatic rings. The molecule has 0 aliphatic heterocycles. The van der Waals surface area contributed by atoms with Crippen molar-refractivity contribution in [3.05, 3.63) is 33.8 Å². The second-order valence-corrected chi connectivity index (χ2v) is 5.01. The van der Waals surface area contributed by atoms with Gasteiger partial charge in [-0.1, -0.05) is 6.92 Å². The van der Waals surface area contributed by atoms with Gasteiger partial charge in [-0.3, -0.25) is 0 Å². The van der Waals surface area contributed by atoms with Crippen molar-refractivity contribution in [2.45, 2.75) is 13.3 Å². The normalized spacial score (nSPS) is 10.4. The average molecular weight is 362 g/mol. The SMILES string of the molecule is CCCNc1nc(Cl)nc(Oc2ccc(Br)c(F)c2)n1. The Hall–Kier alpha value is -1.47. The van der Waals surface area contributed by atoms with Gasteiger partial charge in [0.1, 0.15) is 11.6 Å². The van der Waals surface area contributed by atoms with Crippen molar-refractivity contribution in [1.29, 1.82) is 0 Å². The summed E-state index contributed by atoms with van der Waals surface area (Å²) >= 11 is 8.85. The third-order valence-corrected chi connectivity index (χ3v) is 3.03. The maximum Gasteiger partial charge on any atom is 0.328 e. The zero-order valence-corrected chi connectivity index (χ0v) is 12.9. The van der Waals surface area contributed by atoms with E-state index in [2.05, 4.69) is 36.2 Å². The average Bonchev–Trinajstić information content (AvgIpc) is 2.40. The first-order chi connectivity index (χ1) is 9.58. The monoisotopic (exact) mass is 360 g/mol. The van der Waals surface area contributed by atoms with Crippen LogP contribution in [0.4, 0.5) is 10.3 Å². The highest BCUT2D eigenvalue weighted by molar-refractivity contribution is 9.10. The lowest BCUT2D eigenvalue weighted by Crippen LogP contribution is -2.06. The van der Waals surface area contributed by atoms with Gasteiger partial charge in [0.05, 0.1) is 4.47 Å². The quantitative estimate of drug-likeness (QED) is 0.871. The molecule has 0 unspecified atom stereocenters. The number of anilines is 1. The molecule has 8 heteroatoms. The molecule has 0 aliphatic carbocycles. The van der Waals surface area contributed by atoms with E-state index < -0.39 is 5.82 Å². The van der Waals surface area contributed by atoms with Crippen LogP contribution < -0.4 is 10.1 Å². The van der Waals surface area contributed by atoms with Gasteiger partial charge in [0.15, 0.2) is 0 Å². The van der Waals surface area contributed by atoms with E-state index in [1.807, 2.05) is 6.92 Å². The molecule has 0 fully saturated rings. The van der Waals surface area contributed by atoms with Crippen LogP contribution in [0.2, 0.25) is 5.28 Å². The van der Waals surface area contributed by atoms with Crippen LogP contribution in [-0.4, -0.2) is 21.5 Å². The Labute approximate surface area is 128 Å². The Kier molecular flexibility index (Phi) is 5.08. The van der Waals surface area contributed by atoms with Gasteiger partial charge in [0, 0.05) is 12.6 Å². The van der Waals surface area contributed by atoms with Crippen LogP contribution >= 0.6 is 27.5 Å². The molecule has 0 saturated heterocycles. The summed E-state index contributed by atoms with van der Waals surface area (Å²) in [5.74, 6) is 0.154. The lowest BCUT2D eigenvalue weighted by Gasteiger charge is -2.07. The highest BCUT2D eigenvalue weighted by atomic mass is 79.9. The number of nitrogens with one attached hydrogen (secondary N) is 1. The maximum atomic E-state index is 13.4. The van der Waals surface area contributed by atoms with Gasteiger partial charge >= 0.3 is 6.01 Å². The molecule has 0 amide bonds. The maximum absolute atomic E-state index is 13.4. The molecule has 1 aromatic heterocycles. The molecule has 0 saturated carbocycles. The first-order valence-corrected chi connectivity index (χ1v) is 7.04. The molecular weight excluding hydrogens is 351 g/mol. The van der Waals surface area contributed by atoms with E-state index in [1.165, 1.54) is 12.1 Å². The summed E-state index contributed by atoms with van der Waals surface area (Å²) in [4.78, 5) is 11.8. The van der Waals surface area contributed by atoms with Crippen LogP contribution in [0.15, 0.2) is 22.7 Å². The first kappa shape index (κ1) is 14.9. The second-order valence-electron chi connectivity index (χ2n) is 3.82. The minimum absolute atomic E-state index is 0.00493. The zero-order chi connectivity index (χ0) is 14.5. The molecule has 106 valence electrons. The minimum Gasteiger partial charge on any atom is -0.424 e. The smallest absolute Gasteiger partial charge is 0.328 e. The third kappa shape index (κ3) is 4.01. The molecule has 1 aromatic carbocycles. The Morgan fingerprint density at radius 3 is 2.85 bits per heavy atom. The van der Waals surface area contributed by atoms with E-state index in [0.29, 0.717) is 17.0 Å². The minimum atomic E-state index is -0.438. The van der Waals surface area contributed by atoms with Crippen molar-refractivity contribution in [2.75, 3.05) is 11.9 Å². The van der Waals surface area contributed by atoms with Crippen LogP contribution in [0.5, 0.6) is 11.8 Å². The molecule has 20 heavy (non-hydrogen) atoms. The molecular formula is C12H11BrClFN4O. The third-order valence-electron chi connectivity index (χ3n) is 2.22. The molecule has 2 aromatic rings. The van der Waals surface area contributed by atoms with Gasteiger partial charge in [-0.2, -0.15) is 15.0 Å². The standard InChI is InChI=1S/C12H11BrClFN4O/c1-2-5-16-11-17-10(14)18-12(19-11)20-7-3-4-8(13)9(15)6-7/h3-4,6H,2,5H2,1H3,(H,16,17,18,19). The lowest BCUT2D eigenvalue weighted by molar-refractivity contribution is 0.436. The van der Waals surface area contributed by atoms with Crippen molar-refractivity contribution in [3.8, 4) is 11.8 Å². The number of benzene rings is 1. The van der Waals surface area contributed by atoms with Crippen molar-refractivity contribution >= 4 is 33.5 Å². The summed E-state index contributed by atoms with van der Waals surface area (Å²) in [6, 6.07) is 4.35. The number of aromatic nitrogens is 3. The molecule has 5 nitrogen and oxygen atoms in total. The summed E-state index contributed by atoms with van der Waals surface area (Å²) in [6.45, 7) is 2.71. The predicted molar refractivity (Wildman–Crippen MR) is 77.8 cm³/mol. The van der Waals surface area contributed by atoms with Gasteiger partial charge in [0.25, 0.3) is 0 Å². The number of hydrogen-bond donors (Lipinski definition) is 1. The van der Waals surface area contributed by atoms with Crippen molar-refractivity contribution in [2.24, 2.45) is 0 Å². The van der Waals surface area contributed by atoms with Crippen LogP contribution in [0.3, 0.4) is 0 Å². The summed E-state index contributed by atoms with van der Waals surface area (Å²) < 4.78 is 19.1. The fourth-order valence-electron chi connectivity index (χ4n) is 1.34. The van der Waals surface area contributed by atoms with Crippen molar-refractivity contribution in [3.63, 3.8) is 0 Å². The Balaban J connectivity index is 2.19. The van der Waals surface area contributed by atoms with Crippen LogP contribution in [0.1, 0.15) is 13.3 Å². The Morgan fingerprint density at radius 1 is 1.35 bits per heavy atom. The number of hydrogen-bond acceptors (Lipinski definition) is 5. The molecule has 0 bridgehead atoms. The van der Waals surface area contributed by atoms with Crippen LogP contribution in [-0.2, 0) is 0 Å². The van der Waals surface area contributed by atoms with Gasteiger partial charge in [-0.15, -0.1) is 0 Å². The Morgan fingerprint density at radius 2 is 2.15 bits per heavy atom. The van der Waals surface area contributed by atoms with Gasteiger partial charge in [0.2, 0.25) is 11.2 Å². The largest absolute Gasteiger partial charge is 0.424 e. The predicted octanol–water partition coefficient (Wildman–Crippen LogP) is 4.04. The topological polar surface area (TPSA) is 59.9 Å². The number of nitrogens with zero attached hydrogens (tertiary/aromatic N) is 3. The zero-order valence-electron chi connectivity index (χ0n) is 10.5. The summed E-state index contributed by atoms with van der Waals surface area (Å²) in [7, 11) is 0. The summed E-state index contributed by atoms with van der Waals surface area (Å²) in [6.07, 6.45) is 0.914. The number of rotatable bonds is 5. The fourth-order valence-corrected chi connectivity index (χ4v) is 1.74. The van der Waals surface area contributed by atoms with E-state index in [4.69, 9.17) is 16.3 Å². The summed E-state index contributed by atoms with van der Waals surface area (Å²) in [5, 5.41) is 2.98. The molecule has 2 rings (SSSR count). The fraction of sp³-hybridized carbons (Fsp3) is 0.250. The van der Waals surface area contributed by atoms with Gasteiger partial charge in [-0.05, 0) is 46.1 Å². The number of halogens is 3. The molecule has 0 spiro atoms. The van der Waals surface area contributed by atoms with Gasteiger partial charge < -0.3 is 10.1 Å². The summed E-state index contributed by atoms with van der Waals surface area (Å²) in [5.41, 5.74) is 0. The first-order valence-electron chi connectivity index (χ1n) is 5.87. The molecule has 1 N–H and O–H groups in total. The highest BCUT2D eigenvalue weighted by Crippen LogP contribution is 2.24. The van der Waals surface area contributed by atoms with Crippen LogP contribution in [0, 0.1) is 5.82 Å². The van der Waals surface area contributed by atoms with E-state index in [9.17, 15) is 4.39 Å². The van der Waals surface area contributed by atoms with E-state index in [-0.39, 0.29) is 17.0 Å². The Bertz CT molecular complexity index is 614. The lowest BCUT2D eigenvalue weighted by atomic mass is 10.3. The van der Waals surface area contributed by atoms with Crippen molar-refractivity contribution < 1.29 is 9.13 Å².